The molecule has 2 N–H and O–H groups in total. The first-order valence-electron chi connectivity index (χ1n) is 4.36. The molecule has 1 aliphatic heterocycles. The Hall–Kier alpha value is 0.01000. The van der Waals surface area contributed by atoms with Crippen LogP contribution < -0.4 is 5.73 Å². The number of hydrogen-bond acceptors (Lipinski definition) is 2. The van der Waals surface area contributed by atoms with Gasteiger partial charge >= 0.3 is 0 Å². The lowest BCUT2D eigenvalue weighted by atomic mass is 9.96. The molecule has 0 amide bonds. The zero-order valence-corrected chi connectivity index (χ0v) is 9.86. The second-order valence-corrected chi connectivity index (χ2v) is 5.47. The van der Waals surface area contributed by atoms with Gasteiger partial charge in [0.15, 0.2) is 0 Å². The predicted octanol–water partition coefficient (Wildman–Crippen LogP) is 3.19. The normalized spacial score (nSPS) is 27.0. The fraction of sp³-hybridized carbons (Fsp3) is 0.400. The van der Waals surface area contributed by atoms with Crippen molar-refractivity contribution in [3.05, 3.63) is 28.2 Å². The number of thioether (sulfide) groups is 1. The van der Waals surface area contributed by atoms with Gasteiger partial charge in [0.25, 0.3) is 0 Å². The molecule has 0 aliphatic carbocycles. The molecule has 1 nitrogen and oxygen atoms in total. The quantitative estimate of drug-likeness (QED) is 0.773. The SMILES string of the molecule is C[C@H]1CSc2ccc(Br)cc2[C@H]1N. The Morgan fingerprint density at radius 3 is 3.08 bits per heavy atom. The van der Waals surface area contributed by atoms with E-state index >= 15 is 0 Å². The van der Waals surface area contributed by atoms with Crippen molar-refractivity contribution in [1.29, 1.82) is 0 Å². The van der Waals surface area contributed by atoms with Crippen LogP contribution in [0.25, 0.3) is 0 Å². The molecule has 0 bridgehead atoms. The molecule has 0 saturated heterocycles. The van der Waals surface area contributed by atoms with Crippen LogP contribution in [0.3, 0.4) is 0 Å². The van der Waals surface area contributed by atoms with Crippen LogP contribution in [0.2, 0.25) is 0 Å². The summed E-state index contributed by atoms with van der Waals surface area (Å²) < 4.78 is 1.12. The molecule has 1 aliphatic rings. The number of halogens is 1. The molecule has 0 spiro atoms. The molecular weight excluding hydrogens is 246 g/mol. The Bertz CT molecular complexity index is 327. The van der Waals surface area contributed by atoms with Crippen LogP contribution in [0.15, 0.2) is 27.6 Å². The summed E-state index contributed by atoms with van der Waals surface area (Å²) in [6.45, 7) is 2.21. The van der Waals surface area contributed by atoms with E-state index in [1.54, 1.807) is 0 Å². The van der Waals surface area contributed by atoms with Crippen molar-refractivity contribution in [3.8, 4) is 0 Å². The maximum Gasteiger partial charge on any atom is 0.0340 e. The van der Waals surface area contributed by atoms with Crippen molar-refractivity contribution in [1.82, 2.24) is 0 Å². The topological polar surface area (TPSA) is 26.0 Å². The molecule has 0 fully saturated rings. The Morgan fingerprint density at radius 1 is 1.54 bits per heavy atom. The van der Waals surface area contributed by atoms with Gasteiger partial charge in [-0.2, -0.15) is 0 Å². The summed E-state index contributed by atoms with van der Waals surface area (Å²) in [6.07, 6.45) is 0. The molecule has 2 rings (SSSR count). The maximum atomic E-state index is 6.12. The van der Waals surface area contributed by atoms with Gasteiger partial charge in [0.05, 0.1) is 0 Å². The Labute approximate surface area is 91.2 Å². The van der Waals surface area contributed by atoms with Crippen LogP contribution in [0.1, 0.15) is 18.5 Å². The second-order valence-electron chi connectivity index (χ2n) is 3.50. The third-order valence-corrected chi connectivity index (χ3v) is 4.31. The highest BCUT2D eigenvalue weighted by molar-refractivity contribution is 9.10. The minimum absolute atomic E-state index is 0.203. The van der Waals surface area contributed by atoms with E-state index in [0.717, 1.165) is 10.2 Å². The summed E-state index contributed by atoms with van der Waals surface area (Å²) >= 11 is 5.38. The fourth-order valence-electron chi connectivity index (χ4n) is 1.54. The van der Waals surface area contributed by atoms with Crippen molar-refractivity contribution >= 4 is 27.7 Å². The largest absolute Gasteiger partial charge is 0.324 e. The molecule has 1 aromatic carbocycles. The second kappa shape index (κ2) is 3.64. The Balaban J connectivity index is 2.45. The van der Waals surface area contributed by atoms with Crippen LogP contribution in [0, 0.1) is 5.92 Å². The zero-order valence-electron chi connectivity index (χ0n) is 7.46. The van der Waals surface area contributed by atoms with Crippen molar-refractivity contribution in [2.75, 3.05) is 5.75 Å². The minimum Gasteiger partial charge on any atom is -0.324 e. The molecule has 2 atom stereocenters. The summed E-state index contributed by atoms with van der Waals surface area (Å²) in [5.74, 6) is 1.71. The summed E-state index contributed by atoms with van der Waals surface area (Å²) in [4.78, 5) is 1.34. The lowest BCUT2D eigenvalue weighted by Crippen LogP contribution is -2.24. The zero-order chi connectivity index (χ0) is 9.42. The third-order valence-electron chi connectivity index (χ3n) is 2.45. The van der Waals surface area contributed by atoms with Gasteiger partial charge in [0.1, 0.15) is 0 Å². The van der Waals surface area contributed by atoms with E-state index in [2.05, 4.69) is 41.1 Å². The van der Waals surface area contributed by atoms with Gasteiger partial charge in [-0.25, -0.2) is 0 Å². The average Bonchev–Trinajstić information content (AvgIpc) is 2.12. The van der Waals surface area contributed by atoms with Crippen LogP contribution in [0.4, 0.5) is 0 Å². The highest BCUT2D eigenvalue weighted by Gasteiger charge is 2.23. The summed E-state index contributed by atoms with van der Waals surface area (Å²) in [5.41, 5.74) is 7.41. The van der Waals surface area contributed by atoms with Gasteiger partial charge < -0.3 is 5.73 Å². The van der Waals surface area contributed by atoms with Crippen molar-refractivity contribution in [3.63, 3.8) is 0 Å². The van der Waals surface area contributed by atoms with Crippen LogP contribution in [-0.4, -0.2) is 5.75 Å². The van der Waals surface area contributed by atoms with Crippen molar-refractivity contribution < 1.29 is 0 Å². The van der Waals surface area contributed by atoms with E-state index in [-0.39, 0.29) is 6.04 Å². The molecule has 70 valence electrons. The average molecular weight is 258 g/mol. The standard InChI is InChI=1S/C10H12BrNS/c1-6-5-13-9-3-2-7(11)4-8(9)10(6)12/h2-4,6,10H,5,12H2,1H3/t6-,10-/m0/s1. The van der Waals surface area contributed by atoms with Gasteiger partial charge in [-0.05, 0) is 29.7 Å². The number of nitrogens with two attached hydrogens (primary N) is 1. The first-order valence-corrected chi connectivity index (χ1v) is 6.14. The summed E-state index contributed by atoms with van der Waals surface area (Å²) in [5, 5.41) is 0. The number of benzene rings is 1. The molecule has 1 heterocycles. The Kier molecular flexibility index (Phi) is 2.67. The Morgan fingerprint density at radius 2 is 2.31 bits per heavy atom. The molecule has 13 heavy (non-hydrogen) atoms. The fourth-order valence-corrected chi connectivity index (χ4v) is 3.10. The minimum atomic E-state index is 0.203. The molecule has 0 radical (unpaired) electrons. The van der Waals surface area contributed by atoms with Crippen molar-refractivity contribution in [2.24, 2.45) is 11.7 Å². The van der Waals surface area contributed by atoms with E-state index in [1.807, 2.05) is 11.8 Å². The lowest BCUT2D eigenvalue weighted by Gasteiger charge is -2.27. The first-order chi connectivity index (χ1) is 6.18. The van der Waals surface area contributed by atoms with Crippen LogP contribution in [-0.2, 0) is 0 Å². The highest BCUT2D eigenvalue weighted by Crippen LogP contribution is 2.39. The van der Waals surface area contributed by atoms with E-state index in [4.69, 9.17) is 5.73 Å². The monoisotopic (exact) mass is 257 g/mol. The van der Waals surface area contributed by atoms with Crippen LogP contribution >= 0.6 is 27.7 Å². The maximum absolute atomic E-state index is 6.12. The number of rotatable bonds is 0. The van der Waals surface area contributed by atoms with E-state index < -0.39 is 0 Å². The number of hydrogen-bond donors (Lipinski definition) is 1. The molecule has 0 aromatic heterocycles. The van der Waals surface area contributed by atoms with Gasteiger partial charge in [-0.15, -0.1) is 11.8 Å². The van der Waals surface area contributed by atoms with E-state index in [0.29, 0.717) is 5.92 Å². The van der Waals surface area contributed by atoms with Gasteiger partial charge in [-0.1, -0.05) is 22.9 Å². The predicted molar refractivity (Wildman–Crippen MR) is 61.0 cm³/mol. The van der Waals surface area contributed by atoms with E-state index in [1.165, 1.54) is 10.5 Å². The van der Waals surface area contributed by atoms with Crippen molar-refractivity contribution in [2.45, 2.75) is 17.9 Å². The highest BCUT2D eigenvalue weighted by atomic mass is 79.9. The molecular formula is C10H12BrNS. The van der Waals surface area contributed by atoms with Gasteiger partial charge in [0, 0.05) is 21.2 Å². The molecule has 3 heteroatoms. The molecule has 1 aromatic rings. The lowest BCUT2D eigenvalue weighted by molar-refractivity contribution is 0.507. The number of fused-ring (bicyclic) bond motifs is 1. The smallest absolute Gasteiger partial charge is 0.0340 e. The summed E-state index contributed by atoms with van der Waals surface area (Å²) in [6, 6.07) is 6.57. The molecule has 0 saturated carbocycles. The first kappa shape index (κ1) is 9.56. The van der Waals surface area contributed by atoms with Gasteiger partial charge in [-0.3, -0.25) is 0 Å². The third kappa shape index (κ3) is 1.78. The summed E-state index contributed by atoms with van der Waals surface area (Å²) in [7, 11) is 0. The van der Waals surface area contributed by atoms with E-state index in [9.17, 15) is 0 Å². The molecule has 0 unspecified atom stereocenters. The van der Waals surface area contributed by atoms with Crippen LogP contribution in [0.5, 0.6) is 0 Å². The van der Waals surface area contributed by atoms with Gasteiger partial charge in [0.2, 0.25) is 0 Å².